The molecular weight excluding hydrogens is 422 g/mol. The topological polar surface area (TPSA) is 61.9 Å². The molecule has 1 aromatic heterocycles. The molecule has 0 saturated carbocycles. The predicted molar refractivity (Wildman–Crippen MR) is 120 cm³/mol. The third kappa shape index (κ3) is 4.44. The van der Waals surface area contributed by atoms with Crippen molar-refractivity contribution in [1.82, 2.24) is 9.80 Å². The number of imide groups is 1. The number of ether oxygens (including phenoxy) is 1. The molecule has 1 aromatic carbocycles. The van der Waals surface area contributed by atoms with Crippen molar-refractivity contribution in [2.45, 2.75) is 13.3 Å². The molecule has 0 atom stereocenters. The van der Waals surface area contributed by atoms with Gasteiger partial charge >= 0.3 is 0 Å². The zero-order chi connectivity index (χ0) is 21.1. The van der Waals surface area contributed by atoms with E-state index >= 15 is 0 Å². The Morgan fingerprint density at radius 2 is 1.93 bits per heavy atom. The molecule has 0 radical (unpaired) electrons. The molecule has 8 heteroatoms. The molecule has 2 aromatic rings. The monoisotopic (exact) mass is 445 g/mol. The Bertz CT molecular complexity index is 968. The summed E-state index contributed by atoms with van der Waals surface area (Å²) < 4.78 is 5.37. The zero-order valence-electron chi connectivity index (χ0n) is 16.8. The molecule has 1 N–H and O–H groups in total. The van der Waals surface area contributed by atoms with Gasteiger partial charge in [-0.3, -0.25) is 19.4 Å². The lowest BCUT2D eigenvalue weighted by Gasteiger charge is -2.27. The van der Waals surface area contributed by atoms with E-state index in [1.807, 2.05) is 36.6 Å². The number of hydrogen-bond acceptors (Lipinski definition) is 6. The number of thiophene rings is 1. The molecule has 0 spiro atoms. The number of halogens is 1. The van der Waals surface area contributed by atoms with Gasteiger partial charge in [-0.15, -0.1) is 11.3 Å². The Morgan fingerprint density at radius 1 is 1.13 bits per heavy atom. The third-order valence-corrected chi connectivity index (χ3v) is 6.63. The number of carbonyl (C=O) groups is 2. The minimum atomic E-state index is -0.290. The van der Waals surface area contributed by atoms with Gasteiger partial charge in [-0.2, -0.15) is 0 Å². The maximum Gasteiger partial charge on any atom is 0.278 e. The number of benzene rings is 1. The van der Waals surface area contributed by atoms with Crippen LogP contribution in [0.4, 0.5) is 5.69 Å². The Morgan fingerprint density at radius 3 is 2.63 bits per heavy atom. The molecule has 30 heavy (non-hydrogen) atoms. The number of nitrogens with zero attached hydrogens (tertiary/aromatic N) is 2. The van der Waals surface area contributed by atoms with Gasteiger partial charge in [0.15, 0.2) is 0 Å². The van der Waals surface area contributed by atoms with Crippen LogP contribution in [0.3, 0.4) is 0 Å². The average Bonchev–Trinajstić information content (AvgIpc) is 3.34. The molecule has 1 fully saturated rings. The maximum atomic E-state index is 13.2. The van der Waals surface area contributed by atoms with Crippen LogP contribution in [0.15, 0.2) is 41.4 Å². The van der Waals surface area contributed by atoms with Gasteiger partial charge in [-0.1, -0.05) is 23.7 Å². The van der Waals surface area contributed by atoms with Crippen molar-refractivity contribution < 1.29 is 14.3 Å². The summed E-state index contributed by atoms with van der Waals surface area (Å²) in [5.41, 5.74) is 2.38. The van der Waals surface area contributed by atoms with Crippen LogP contribution in [0.25, 0.3) is 5.57 Å². The highest BCUT2D eigenvalue weighted by Gasteiger charge is 2.39. The van der Waals surface area contributed by atoms with Crippen LogP contribution in [0.1, 0.15) is 16.9 Å². The summed E-state index contributed by atoms with van der Waals surface area (Å²) in [4.78, 5) is 30.8. The second-order valence-electron chi connectivity index (χ2n) is 7.39. The Labute approximate surface area is 185 Å². The molecular formula is C22H24ClN3O3S. The van der Waals surface area contributed by atoms with Gasteiger partial charge in [0.2, 0.25) is 0 Å². The second kappa shape index (κ2) is 9.31. The standard InChI is InChI=1S/C22H24ClN3O3S/c1-15-5-6-16(14-17(15)23)24-20-19(18-4-2-13-30-18)21(27)26(22(20)28)8-3-7-25-9-11-29-12-10-25/h2,4-6,13-14,24H,3,7-12H2,1H3. The van der Waals surface area contributed by atoms with E-state index in [4.69, 9.17) is 16.3 Å². The van der Waals surface area contributed by atoms with Crippen LogP contribution in [0, 0.1) is 6.92 Å². The summed E-state index contributed by atoms with van der Waals surface area (Å²) >= 11 is 7.69. The van der Waals surface area contributed by atoms with Gasteiger partial charge in [-0.25, -0.2) is 0 Å². The normalized spacial score (nSPS) is 17.9. The molecule has 2 amide bonds. The Balaban J connectivity index is 1.52. The van der Waals surface area contributed by atoms with Crippen molar-refractivity contribution in [3.05, 3.63) is 56.9 Å². The molecule has 0 bridgehead atoms. The number of anilines is 1. The fourth-order valence-corrected chi connectivity index (χ4v) is 4.59. The van der Waals surface area contributed by atoms with E-state index in [-0.39, 0.29) is 11.8 Å². The Hall–Kier alpha value is -2.19. The smallest absolute Gasteiger partial charge is 0.278 e. The highest BCUT2D eigenvalue weighted by atomic mass is 35.5. The number of nitrogens with one attached hydrogen (secondary N) is 1. The highest BCUT2D eigenvalue weighted by molar-refractivity contribution is 7.11. The summed E-state index contributed by atoms with van der Waals surface area (Å²) in [5.74, 6) is -0.535. The first-order chi connectivity index (χ1) is 14.5. The number of amides is 2. The van der Waals surface area contributed by atoms with Gasteiger partial charge in [0.1, 0.15) is 5.70 Å². The van der Waals surface area contributed by atoms with E-state index in [0.29, 0.717) is 28.5 Å². The lowest BCUT2D eigenvalue weighted by Crippen LogP contribution is -2.39. The highest BCUT2D eigenvalue weighted by Crippen LogP contribution is 2.33. The van der Waals surface area contributed by atoms with E-state index in [1.165, 1.54) is 16.2 Å². The van der Waals surface area contributed by atoms with E-state index < -0.39 is 0 Å². The van der Waals surface area contributed by atoms with E-state index in [9.17, 15) is 9.59 Å². The van der Waals surface area contributed by atoms with Crippen LogP contribution in [-0.4, -0.2) is 61.0 Å². The van der Waals surface area contributed by atoms with E-state index in [2.05, 4.69) is 10.2 Å². The van der Waals surface area contributed by atoms with Crippen molar-refractivity contribution >= 4 is 46.0 Å². The largest absolute Gasteiger partial charge is 0.379 e. The molecule has 0 unspecified atom stereocenters. The zero-order valence-corrected chi connectivity index (χ0v) is 18.4. The summed E-state index contributed by atoms with van der Waals surface area (Å²) in [6.07, 6.45) is 0.735. The summed E-state index contributed by atoms with van der Waals surface area (Å²) in [6.45, 7) is 6.40. The first-order valence-electron chi connectivity index (χ1n) is 10.0. The van der Waals surface area contributed by atoms with Crippen LogP contribution < -0.4 is 5.32 Å². The van der Waals surface area contributed by atoms with Crippen molar-refractivity contribution in [3.63, 3.8) is 0 Å². The SMILES string of the molecule is Cc1ccc(NC2=C(c3cccs3)C(=O)N(CCCN3CCOCC3)C2=O)cc1Cl. The van der Waals surface area contributed by atoms with Gasteiger partial charge < -0.3 is 10.1 Å². The minimum Gasteiger partial charge on any atom is -0.379 e. The first kappa shape index (κ1) is 21.1. The molecule has 6 nitrogen and oxygen atoms in total. The minimum absolute atomic E-state index is 0.245. The number of morpholine rings is 1. The molecule has 3 heterocycles. The van der Waals surface area contributed by atoms with E-state index in [1.54, 1.807) is 6.07 Å². The van der Waals surface area contributed by atoms with Gasteiger partial charge in [0, 0.05) is 41.8 Å². The molecule has 1 saturated heterocycles. The first-order valence-corrected chi connectivity index (χ1v) is 11.3. The molecule has 158 valence electrons. The number of aryl methyl sites for hydroxylation is 1. The molecule has 2 aliphatic heterocycles. The van der Waals surface area contributed by atoms with Crippen molar-refractivity contribution in [2.24, 2.45) is 0 Å². The molecule has 0 aliphatic carbocycles. The van der Waals surface area contributed by atoms with Gasteiger partial charge in [-0.05, 0) is 42.5 Å². The van der Waals surface area contributed by atoms with Crippen LogP contribution in [0.2, 0.25) is 5.02 Å². The quantitative estimate of drug-likeness (QED) is 0.659. The lowest BCUT2D eigenvalue weighted by molar-refractivity contribution is -0.136. The van der Waals surface area contributed by atoms with Gasteiger partial charge in [0.05, 0.1) is 18.8 Å². The van der Waals surface area contributed by atoms with Crippen LogP contribution >= 0.6 is 22.9 Å². The van der Waals surface area contributed by atoms with Gasteiger partial charge in [0.25, 0.3) is 11.8 Å². The van der Waals surface area contributed by atoms with Crippen molar-refractivity contribution in [1.29, 1.82) is 0 Å². The average molecular weight is 446 g/mol. The van der Waals surface area contributed by atoms with E-state index in [0.717, 1.165) is 49.7 Å². The number of hydrogen-bond donors (Lipinski definition) is 1. The maximum absolute atomic E-state index is 13.2. The summed E-state index contributed by atoms with van der Waals surface area (Å²) in [5, 5.41) is 5.67. The molecule has 2 aliphatic rings. The molecule has 4 rings (SSSR count). The predicted octanol–water partition coefficient (Wildman–Crippen LogP) is 3.62. The number of carbonyl (C=O) groups excluding carboxylic acids is 2. The summed E-state index contributed by atoms with van der Waals surface area (Å²) in [6, 6.07) is 9.27. The second-order valence-corrected chi connectivity index (χ2v) is 8.74. The van der Waals surface area contributed by atoms with Crippen molar-refractivity contribution in [2.75, 3.05) is 44.7 Å². The Kier molecular flexibility index (Phi) is 6.53. The van der Waals surface area contributed by atoms with Crippen LogP contribution in [0.5, 0.6) is 0 Å². The summed E-state index contributed by atoms with van der Waals surface area (Å²) in [7, 11) is 0. The fraction of sp³-hybridized carbons (Fsp3) is 0.364. The third-order valence-electron chi connectivity index (χ3n) is 5.34. The van der Waals surface area contributed by atoms with Crippen LogP contribution in [-0.2, 0) is 14.3 Å². The number of rotatable bonds is 7. The van der Waals surface area contributed by atoms with Crippen molar-refractivity contribution in [3.8, 4) is 0 Å². The fourth-order valence-electron chi connectivity index (χ4n) is 3.64. The lowest BCUT2D eigenvalue weighted by atomic mass is 10.1.